The number of urea groups is 1. The van der Waals surface area contributed by atoms with Crippen LogP contribution in [0.1, 0.15) is 32.3 Å². The van der Waals surface area contributed by atoms with Crippen molar-refractivity contribution in [2.45, 2.75) is 39.2 Å². The molecule has 1 fully saturated rings. The molecule has 6 heteroatoms. The van der Waals surface area contributed by atoms with Crippen molar-refractivity contribution >= 4 is 17.6 Å². The van der Waals surface area contributed by atoms with Crippen LogP contribution in [0, 0.1) is 0 Å². The number of benzene rings is 1. The van der Waals surface area contributed by atoms with Crippen molar-refractivity contribution in [1.82, 2.24) is 9.80 Å². The van der Waals surface area contributed by atoms with Crippen LogP contribution in [0.3, 0.4) is 0 Å². The Bertz CT molecular complexity index is 570. The van der Waals surface area contributed by atoms with Gasteiger partial charge >= 0.3 is 6.03 Å². The first-order valence-electron chi connectivity index (χ1n) is 9.02. The van der Waals surface area contributed by atoms with E-state index in [0.29, 0.717) is 13.0 Å². The van der Waals surface area contributed by atoms with Crippen LogP contribution >= 0.6 is 0 Å². The van der Waals surface area contributed by atoms with Gasteiger partial charge in [0.2, 0.25) is 5.91 Å². The molecule has 1 saturated heterocycles. The van der Waals surface area contributed by atoms with E-state index < -0.39 is 0 Å². The molecule has 25 heavy (non-hydrogen) atoms. The first kappa shape index (κ1) is 19.2. The van der Waals surface area contributed by atoms with Gasteiger partial charge in [-0.15, -0.1) is 0 Å². The van der Waals surface area contributed by atoms with Crippen molar-refractivity contribution in [3.63, 3.8) is 0 Å². The van der Waals surface area contributed by atoms with Crippen LogP contribution in [-0.4, -0.2) is 61.1 Å². The average molecular weight is 347 g/mol. The van der Waals surface area contributed by atoms with Gasteiger partial charge in [-0.05, 0) is 44.4 Å². The minimum Gasteiger partial charge on any atom is -0.380 e. The maximum Gasteiger partial charge on any atom is 0.321 e. The molecule has 1 aromatic rings. The zero-order chi connectivity index (χ0) is 18.2. The second kappa shape index (κ2) is 9.42. The van der Waals surface area contributed by atoms with E-state index in [1.807, 2.05) is 43.0 Å². The maximum atomic E-state index is 12.4. The third-order valence-electron chi connectivity index (χ3n) is 4.68. The van der Waals surface area contributed by atoms with Gasteiger partial charge in [-0.25, -0.2) is 4.79 Å². The lowest BCUT2D eigenvalue weighted by atomic mass is 10.1. The molecule has 138 valence electrons. The normalized spacial score (nSPS) is 17.2. The Kier molecular flexibility index (Phi) is 7.25. The molecule has 0 unspecified atom stereocenters. The summed E-state index contributed by atoms with van der Waals surface area (Å²) in [4.78, 5) is 28.1. The number of carbonyl (C=O) groups excluding carboxylic acids is 2. The summed E-state index contributed by atoms with van der Waals surface area (Å²) in [6.07, 6.45) is 2.46. The Labute approximate surface area is 150 Å². The van der Waals surface area contributed by atoms with Gasteiger partial charge in [0.25, 0.3) is 0 Å². The number of carbonyl (C=O) groups is 2. The summed E-state index contributed by atoms with van der Waals surface area (Å²) in [5.41, 5.74) is 1.69. The number of likely N-dealkylation sites (tertiary alicyclic amines) is 1. The third kappa shape index (κ3) is 5.46. The van der Waals surface area contributed by atoms with E-state index in [9.17, 15) is 9.59 Å². The Morgan fingerprint density at radius 1 is 1.24 bits per heavy atom. The van der Waals surface area contributed by atoms with Gasteiger partial charge in [-0.1, -0.05) is 12.1 Å². The lowest BCUT2D eigenvalue weighted by Gasteiger charge is -2.31. The molecular formula is C19H29N3O3. The molecule has 0 spiro atoms. The van der Waals surface area contributed by atoms with E-state index in [4.69, 9.17) is 4.74 Å². The van der Waals surface area contributed by atoms with Crippen molar-refractivity contribution in [3.05, 3.63) is 29.8 Å². The lowest BCUT2D eigenvalue weighted by Crippen LogP contribution is -2.44. The topological polar surface area (TPSA) is 61.9 Å². The number of nitrogens with one attached hydrogen (secondary N) is 1. The van der Waals surface area contributed by atoms with Crippen molar-refractivity contribution in [3.8, 4) is 0 Å². The highest BCUT2D eigenvalue weighted by atomic mass is 16.5. The summed E-state index contributed by atoms with van der Waals surface area (Å²) in [5.74, 6) is 0.126. The van der Waals surface area contributed by atoms with Gasteiger partial charge in [0, 0.05) is 39.0 Å². The van der Waals surface area contributed by atoms with E-state index in [-0.39, 0.29) is 18.0 Å². The number of methoxy groups -OCH3 is 1. The van der Waals surface area contributed by atoms with E-state index in [1.165, 1.54) is 0 Å². The number of anilines is 1. The van der Waals surface area contributed by atoms with Gasteiger partial charge in [0.05, 0.1) is 12.5 Å². The highest BCUT2D eigenvalue weighted by molar-refractivity contribution is 5.89. The molecule has 2 rings (SSSR count). The van der Waals surface area contributed by atoms with Crippen LogP contribution in [0.25, 0.3) is 0 Å². The van der Waals surface area contributed by atoms with Crippen LogP contribution in [-0.2, 0) is 16.0 Å². The molecule has 0 aliphatic carbocycles. The van der Waals surface area contributed by atoms with Crippen LogP contribution in [0.2, 0.25) is 0 Å². The van der Waals surface area contributed by atoms with Crippen molar-refractivity contribution in [2.75, 3.05) is 38.6 Å². The molecule has 6 nitrogen and oxygen atoms in total. The van der Waals surface area contributed by atoms with Gasteiger partial charge in [0.15, 0.2) is 0 Å². The van der Waals surface area contributed by atoms with E-state index in [1.54, 1.807) is 12.0 Å². The predicted octanol–water partition coefficient (Wildman–Crippen LogP) is 2.74. The maximum absolute atomic E-state index is 12.4. The molecule has 1 atom stereocenters. The van der Waals surface area contributed by atoms with Crippen LogP contribution < -0.4 is 5.32 Å². The number of hydrogen-bond acceptors (Lipinski definition) is 3. The molecular weight excluding hydrogens is 318 g/mol. The zero-order valence-corrected chi connectivity index (χ0v) is 15.5. The molecule has 3 amide bonds. The first-order valence-corrected chi connectivity index (χ1v) is 9.02. The summed E-state index contributed by atoms with van der Waals surface area (Å²) < 4.78 is 5.35. The van der Waals surface area contributed by atoms with Gasteiger partial charge in [-0.2, -0.15) is 0 Å². The van der Waals surface area contributed by atoms with Gasteiger partial charge in [0.1, 0.15) is 0 Å². The second-order valence-electron chi connectivity index (χ2n) is 6.32. The summed E-state index contributed by atoms with van der Waals surface area (Å²) in [7, 11) is 1.68. The van der Waals surface area contributed by atoms with Gasteiger partial charge < -0.3 is 19.9 Å². The number of ether oxygens (including phenoxy) is 1. The van der Waals surface area contributed by atoms with E-state index in [2.05, 4.69) is 5.32 Å². The molecule has 1 aliphatic heterocycles. The molecule has 1 aliphatic rings. The lowest BCUT2D eigenvalue weighted by molar-refractivity contribution is -0.130. The third-order valence-corrected chi connectivity index (χ3v) is 4.68. The predicted molar refractivity (Wildman–Crippen MR) is 98.7 cm³/mol. The fourth-order valence-electron chi connectivity index (χ4n) is 3.09. The van der Waals surface area contributed by atoms with Crippen molar-refractivity contribution in [1.29, 1.82) is 0 Å². The number of likely N-dealkylation sites (N-methyl/N-ethyl adjacent to an activating group) is 1. The van der Waals surface area contributed by atoms with Crippen molar-refractivity contribution < 1.29 is 14.3 Å². The minimum atomic E-state index is -0.103. The molecule has 1 N–H and O–H groups in total. The number of rotatable bonds is 6. The standard InChI is InChI=1S/C19H29N3O3/c1-4-21(5-2)18(23)13-15-8-10-16(11-9-15)20-19(24)22-12-6-7-17(14-22)25-3/h8-11,17H,4-7,12-14H2,1-3H3,(H,20,24)/t17-/m1/s1. The average Bonchev–Trinajstić information content (AvgIpc) is 2.64. The summed E-state index contributed by atoms with van der Waals surface area (Å²) >= 11 is 0. The second-order valence-corrected chi connectivity index (χ2v) is 6.32. The SMILES string of the molecule is CCN(CC)C(=O)Cc1ccc(NC(=O)N2CCC[C@@H](OC)C2)cc1. The Hall–Kier alpha value is -2.08. The van der Waals surface area contributed by atoms with Crippen LogP contribution in [0.4, 0.5) is 10.5 Å². The zero-order valence-electron chi connectivity index (χ0n) is 15.5. The summed E-state index contributed by atoms with van der Waals surface area (Å²) in [6, 6.07) is 7.38. The molecule has 0 aromatic heterocycles. The minimum absolute atomic E-state index is 0.103. The highest BCUT2D eigenvalue weighted by Gasteiger charge is 2.23. The Morgan fingerprint density at radius 3 is 2.52 bits per heavy atom. The number of amides is 3. The first-order chi connectivity index (χ1) is 12.1. The highest BCUT2D eigenvalue weighted by Crippen LogP contribution is 2.16. The summed E-state index contributed by atoms with van der Waals surface area (Å²) in [5, 5.41) is 2.92. The summed E-state index contributed by atoms with van der Waals surface area (Å²) in [6.45, 7) is 6.79. The molecule has 1 aromatic carbocycles. The number of piperidine rings is 1. The van der Waals surface area contributed by atoms with Crippen LogP contribution in [0.5, 0.6) is 0 Å². The van der Waals surface area contributed by atoms with Crippen molar-refractivity contribution in [2.24, 2.45) is 0 Å². The monoisotopic (exact) mass is 347 g/mol. The Morgan fingerprint density at radius 2 is 1.92 bits per heavy atom. The molecule has 0 saturated carbocycles. The Balaban J connectivity index is 1.89. The van der Waals surface area contributed by atoms with E-state index in [0.717, 1.165) is 43.7 Å². The van der Waals surface area contributed by atoms with Crippen LogP contribution in [0.15, 0.2) is 24.3 Å². The number of hydrogen-bond donors (Lipinski definition) is 1. The fourth-order valence-corrected chi connectivity index (χ4v) is 3.09. The molecule has 0 bridgehead atoms. The molecule has 0 radical (unpaired) electrons. The van der Waals surface area contributed by atoms with Gasteiger partial charge in [-0.3, -0.25) is 4.79 Å². The fraction of sp³-hybridized carbons (Fsp3) is 0.579. The molecule has 1 heterocycles. The largest absolute Gasteiger partial charge is 0.380 e. The smallest absolute Gasteiger partial charge is 0.321 e. The number of nitrogens with zero attached hydrogens (tertiary/aromatic N) is 2. The quantitative estimate of drug-likeness (QED) is 0.861. The van der Waals surface area contributed by atoms with E-state index >= 15 is 0 Å².